The summed E-state index contributed by atoms with van der Waals surface area (Å²) in [5.74, 6) is 0.623. The Morgan fingerprint density at radius 2 is 2.21 bits per heavy atom. The molecule has 3 heterocycles. The van der Waals surface area contributed by atoms with Gasteiger partial charge < -0.3 is 9.64 Å². The second-order valence-corrected chi connectivity index (χ2v) is 6.49. The Balaban J connectivity index is 1.66. The number of methoxy groups -OCH3 is 1. The molecule has 0 bridgehead atoms. The third-order valence-corrected chi connectivity index (χ3v) is 4.77. The third kappa shape index (κ3) is 2.80. The maximum Gasteiger partial charge on any atom is 0.274 e. The van der Waals surface area contributed by atoms with Crippen LogP contribution in [-0.2, 0) is 17.7 Å². The molecule has 2 aromatic heterocycles. The van der Waals surface area contributed by atoms with E-state index in [1.165, 1.54) is 24.6 Å². The number of ether oxygens (including phenoxy) is 1. The second kappa shape index (κ2) is 6.32. The van der Waals surface area contributed by atoms with Crippen LogP contribution in [0.25, 0.3) is 0 Å². The van der Waals surface area contributed by atoms with Gasteiger partial charge in [-0.15, -0.1) is 0 Å². The van der Waals surface area contributed by atoms with E-state index in [-0.39, 0.29) is 11.9 Å². The number of aromatic nitrogens is 4. The molecule has 7 heteroatoms. The van der Waals surface area contributed by atoms with Crippen LogP contribution >= 0.6 is 0 Å². The first kappa shape index (κ1) is 15.3. The number of carbonyl (C=O) groups excluding carboxylic acids is 1. The van der Waals surface area contributed by atoms with E-state index in [1.807, 2.05) is 11.1 Å². The zero-order valence-electron chi connectivity index (χ0n) is 13.8. The molecule has 0 spiro atoms. The van der Waals surface area contributed by atoms with Crippen molar-refractivity contribution in [2.75, 3.05) is 20.3 Å². The van der Waals surface area contributed by atoms with E-state index in [1.54, 1.807) is 19.5 Å². The zero-order chi connectivity index (χ0) is 16.5. The first-order valence-electron chi connectivity index (χ1n) is 8.38. The maximum atomic E-state index is 12.9. The van der Waals surface area contributed by atoms with Gasteiger partial charge in [-0.3, -0.25) is 14.5 Å². The lowest BCUT2D eigenvalue weighted by atomic mass is 9.99. The molecule has 2 aromatic rings. The van der Waals surface area contributed by atoms with Crippen LogP contribution in [0.3, 0.4) is 0 Å². The largest absolute Gasteiger partial charge is 0.382 e. The molecule has 0 N–H and O–H groups in total. The SMILES string of the molecule is COCC1c2c(cnn2CC2CC2)CCN1C(=O)c1cnccn1. The molecule has 4 rings (SSSR count). The Kier molecular flexibility index (Phi) is 4.02. The lowest BCUT2D eigenvalue weighted by Gasteiger charge is -2.35. The fourth-order valence-electron chi connectivity index (χ4n) is 3.37. The molecular formula is C17H21N5O2. The Morgan fingerprint density at radius 1 is 1.33 bits per heavy atom. The quantitative estimate of drug-likeness (QED) is 0.831. The van der Waals surface area contributed by atoms with Crippen LogP contribution in [0.4, 0.5) is 0 Å². The highest BCUT2D eigenvalue weighted by atomic mass is 16.5. The molecule has 1 atom stereocenters. The van der Waals surface area contributed by atoms with Gasteiger partial charge >= 0.3 is 0 Å². The summed E-state index contributed by atoms with van der Waals surface area (Å²) in [7, 11) is 1.67. The predicted octanol–water partition coefficient (Wildman–Crippen LogP) is 1.47. The van der Waals surface area contributed by atoms with Crippen molar-refractivity contribution in [3.05, 3.63) is 41.7 Å². The smallest absolute Gasteiger partial charge is 0.274 e. The Morgan fingerprint density at radius 3 is 2.92 bits per heavy atom. The summed E-state index contributed by atoms with van der Waals surface area (Å²) >= 11 is 0. The minimum absolute atomic E-state index is 0.102. The molecule has 1 amide bonds. The molecule has 1 aliphatic carbocycles. The van der Waals surface area contributed by atoms with Crippen molar-refractivity contribution < 1.29 is 9.53 Å². The molecule has 1 saturated carbocycles. The van der Waals surface area contributed by atoms with Gasteiger partial charge in [-0.2, -0.15) is 5.10 Å². The van der Waals surface area contributed by atoms with Crippen molar-refractivity contribution in [3.63, 3.8) is 0 Å². The van der Waals surface area contributed by atoms with E-state index in [9.17, 15) is 4.79 Å². The molecule has 1 fully saturated rings. The number of nitrogens with zero attached hydrogens (tertiary/aromatic N) is 5. The molecule has 2 aliphatic rings. The fourth-order valence-corrected chi connectivity index (χ4v) is 3.37. The summed E-state index contributed by atoms with van der Waals surface area (Å²) in [5.41, 5.74) is 2.71. The summed E-state index contributed by atoms with van der Waals surface area (Å²) in [6.45, 7) is 2.03. The van der Waals surface area contributed by atoms with Gasteiger partial charge in [0.1, 0.15) is 5.69 Å². The van der Waals surface area contributed by atoms with Crippen molar-refractivity contribution in [2.24, 2.45) is 5.92 Å². The van der Waals surface area contributed by atoms with E-state index in [4.69, 9.17) is 4.74 Å². The Bertz CT molecular complexity index is 726. The van der Waals surface area contributed by atoms with Gasteiger partial charge in [0.05, 0.1) is 30.7 Å². The number of hydrogen-bond donors (Lipinski definition) is 0. The number of fused-ring (bicyclic) bond motifs is 1. The van der Waals surface area contributed by atoms with Crippen molar-refractivity contribution in [1.82, 2.24) is 24.6 Å². The highest BCUT2D eigenvalue weighted by Crippen LogP contribution is 2.35. The summed E-state index contributed by atoms with van der Waals surface area (Å²) in [6.07, 6.45) is 9.94. The van der Waals surface area contributed by atoms with Gasteiger partial charge in [-0.1, -0.05) is 0 Å². The highest BCUT2D eigenvalue weighted by Gasteiger charge is 2.36. The lowest BCUT2D eigenvalue weighted by Crippen LogP contribution is -2.43. The Hall–Kier alpha value is -2.28. The van der Waals surface area contributed by atoms with Gasteiger partial charge in [0.15, 0.2) is 0 Å². The van der Waals surface area contributed by atoms with Crippen LogP contribution in [0.1, 0.15) is 40.6 Å². The normalized spacial score (nSPS) is 20.0. The first-order chi connectivity index (χ1) is 11.8. The molecule has 126 valence electrons. The number of rotatable bonds is 5. The minimum Gasteiger partial charge on any atom is -0.382 e. The van der Waals surface area contributed by atoms with Gasteiger partial charge in [0.25, 0.3) is 5.91 Å². The molecule has 0 aromatic carbocycles. The second-order valence-electron chi connectivity index (χ2n) is 6.49. The predicted molar refractivity (Wildman–Crippen MR) is 86.3 cm³/mol. The molecule has 1 unspecified atom stereocenters. The molecule has 24 heavy (non-hydrogen) atoms. The summed E-state index contributed by atoms with van der Waals surface area (Å²) < 4.78 is 7.50. The van der Waals surface area contributed by atoms with Gasteiger partial charge in [-0.25, -0.2) is 4.98 Å². The number of amides is 1. The number of carbonyl (C=O) groups is 1. The van der Waals surface area contributed by atoms with Crippen molar-refractivity contribution in [3.8, 4) is 0 Å². The third-order valence-electron chi connectivity index (χ3n) is 4.77. The number of hydrogen-bond acceptors (Lipinski definition) is 5. The van der Waals surface area contributed by atoms with Gasteiger partial charge in [0.2, 0.25) is 0 Å². The van der Waals surface area contributed by atoms with Crippen LogP contribution in [-0.4, -0.2) is 50.8 Å². The lowest BCUT2D eigenvalue weighted by molar-refractivity contribution is 0.0476. The van der Waals surface area contributed by atoms with E-state index < -0.39 is 0 Å². The standard InChI is InChI=1S/C17H21N5O2/c1-24-11-15-16-13(8-20-22(16)10-12-2-3-12)4-7-21(15)17(23)14-9-18-5-6-19-14/h5-6,8-9,12,15H,2-4,7,10-11H2,1H3. The van der Waals surface area contributed by atoms with Crippen LogP contribution in [0, 0.1) is 5.92 Å². The summed E-state index contributed by atoms with van der Waals surface area (Å²) in [5, 5.41) is 4.57. The Labute approximate surface area is 140 Å². The fraction of sp³-hybridized carbons (Fsp3) is 0.529. The maximum absolute atomic E-state index is 12.9. The molecule has 0 radical (unpaired) electrons. The van der Waals surface area contributed by atoms with Gasteiger partial charge in [-0.05, 0) is 30.7 Å². The van der Waals surface area contributed by atoms with E-state index in [0.717, 1.165) is 24.6 Å². The van der Waals surface area contributed by atoms with E-state index in [2.05, 4.69) is 19.7 Å². The average Bonchev–Trinajstić information content (AvgIpc) is 3.34. The minimum atomic E-state index is -0.130. The van der Waals surface area contributed by atoms with Crippen molar-refractivity contribution in [1.29, 1.82) is 0 Å². The van der Waals surface area contributed by atoms with E-state index in [0.29, 0.717) is 18.8 Å². The van der Waals surface area contributed by atoms with Crippen molar-refractivity contribution in [2.45, 2.75) is 31.8 Å². The van der Waals surface area contributed by atoms with Crippen LogP contribution in [0.2, 0.25) is 0 Å². The van der Waals surface area contributed by atoms with Crippen LogP contribution < -0.4 is 0 Å². The molecule has 0 saturated heterocycles. The van der Waals surface area contributed by atoms with Crippen molar-refractivity contribution >= 4 is 5.91 Å². The zero-order valence-corrected chi connectivity index (χ0v) is 13.8. The summed E-state index contributed by atoms with van der Waals surface area (Å²) in [4.78, 5) is 22.9. The van der Waals surface area contributed by atoms with E-state index >= 15 is 0 Å². The monoisotopic (exact) mass is 327 g/mol. The molecule has 1 aliphatic heterocycles. The molecule has 7 nitrogen and oxygen atoms in total. The van der Waals surface area contributed by atoms with Crippen LogP contribution in [0.5, 0.6) is 0 Å². The van der Waals surface area contributed by atoms with Gasteiger partial charge in [0, 0.05) is 32.6 Å². The topological polar surface area (TPSA) is 73.1 Å². The average molecular weight is 327 g/mol. The summed E-state index contributed by atoms with van der Waals surface area (Å²) in [6, 6.07) is -0.130. The molecular weight excluding hydrogens is 306 g/mol. The first-order valence-corrected chi connectivity index (χ1v) is 8.38. The highest BCUT2D eigenvalue weighted by molar-refractivity contribution is 5.92. The van der Waals surface area contributed by atoms with Crippen LogP contribution in [0.15, 0.2) is 24.8 Å².